The Bertz CT molecular complexity index is 586. The first kappa shape index (κ1) is 15.0. The number of nitrogens with one attached hydrogen (secondary N) is 1. The first-order valence-corrected chi connectivity index (χ1v) is 7.98. The molecule has 6 heteroatoms. The molecule has 0 unspecified atom stereocenters. The Morgan fingerprint density at radius 1 is 1.55 bits per heavy atom. The predicted octanol–water partition coefficient (Wildman–Crippen LogP) is 3.61. The number of aromatic nitrogens is 1. The molecule has 0 aliphatic heterocycles. The van der Waals surface area contributed by atoms with Crippen LogP contribution in [0.2, 0.25) is 0 Å². The first-order chi connectivity index (χ1) is 9.65. The van der Waals surface area contributed by atoms with E-state index in [1.54, 1.807) is 30.6 Å². The van der Waals surface area contributed by atoms with E-state index < -0.39 is 0 Å². The minimum absolute atomic E-state index is 0.0148. The number of amides is 1. The summed E-state index contributed by atoms with van der Waals surface area (Å²) in [6.45, 7) is 3.27. The Morgan fingerprint density at radius 3 is 2.95 bits per heavy atom. The maximum Gasteiger partial charge on any atom is 0.257 e. The Kier molecular flexibility index (Phi) is 5.14. The van der Waals surface area contributed by atoms with Crippen LogP contribution in [-0.4, -0.2) is 29.4 Å². The average Bonchev–Trinajstić information content (AvgIpc) is 2.97. The molecule has 2 rings (SSSR count). The van der Waals surface area contributed by atoms with Gasteiger partial charge in [-0.25, -0.2) is 4.98 Å². The summed E-state index contributed by atoms with van der Waals surface area (Å²) < 4.78 is 0.798. The lowest BCUT2D eigenvalue weighted by Gasteiger charge is -2.21. The van der Waals surface area contributed by atoms with E-state index in [-0.39, 0.29) is 5.91 Å². The van der Waals surface area contributed by atoms with Crippen molar-refractivity contribution < 1.29 is 4.79 Å². The number of nitrogens with zero attached hydrogens (tertiary/aromatic N) is 2. The molecule has 20 heavy (non-hydrogen) atoms. The van der Waals surface area contributed by atoms with Crippen molar-refractivity contribution in [3.63, 3.8) is 0 Å². The molecule has 0 aliphatic carbocycles. The molecule has 2 aromatic rings. The number of carbonyl (C=O) groups is 1. The Hall–Kier alpha value is -1.40. The summed E-state index contributed by atoms with van der Waals surface area (Å²) in [6, 6.07) is 5.84. The van der Waals surface area contributed by atoms with Gasteiger partial charge >= 0.3 is 0 Å². The number of carbonyl (C=O) groups excluding carboxylic acids is 1. The minimum Gasteiger partial charge on any atom is -0.372 e. The normalized spacial score (nSPS) is 10.3. The summed E-state index contributed by atoms with van der Waals surface area (Å²) in [7, 11) is 1.77. The molecular weight excluding hydrogens is 338 g/mol. The zero-order valence-electron chi connectivity index (χ0n) is 11.4. The van der Waals surface area contributed by atoms with Crippen LogP contribution in [0, 0.1) is 0 Å². The van der Waals surface area contributed by atoms with Crippen molar-refractivity contribution in [2.45, 2.75) is 13.5 Å². The second kappa shape index (κ2) is 6.85. The van der Waals surface area contributed by atoms with Crippen molar-refractivity contribution in [2.75, 3.05) is 18.9 Å². The number of anilines is 1. The van der Waals surface area contributed by atoms with E-state index in [0.29, 0.717) is 24.5 Å². The van der Waals surface area contributed by atoms with Crippen molar-refractivity contribution in [2.24, 2.45) is 0 Å². The molecule has 0 aromatic carbocycles. The van der Waals surface area contributed by atoms with E-state index in [2.05, 4.69) is 26.2 Å². The summed E-state index contributed by atoms with van der Waals surface area (Å²) in [5, 5.41) is 4.99. The van der Waals surface area contributed by atoms with E-state index >= 15 is 0 Å². The predicted molar refractivity (Wildman–Crippen MR) is 86.2 cm³/mol. The zero-order valence-corrected chi connectivity index (χ0v) is 13.8. The van der Waals surface area contributed by atoms with Crippen LogP contribution in [0.15, 0.2) is 34.2 Å². The second-order valence-corrected chi connectivity index (χ2v) is 6.15. The van der Waals surface area contributed by atoms with Crippen molar-refractivity contribution in [3.8, 4) is 0 Å². The molecule has 0 fully saturated rings. The quantitative estimate of drug-likeness (QED) is 0.892. The number of rotatable bonds is 5. The van der Waals surface area contributed by atoms with Gasteiger partial charge < -0.3 is 10.2 Å². The van der Waals surface area contributed by atoms with Crippen LogP contribution in [-0.2, 0) is 6.54 Å². The summed E-state index contributed by atoms with van der Waals surface area (Å²) in [5.41, 5.74) is 0.584. The number of pyridine rings is 1. The lowest BCUT2D eigenvalue weighted by molar-refractivity contribution is 0.0754. The van der Waals surface area contributed by atoms with Crippen LogP contribution in [0.1, 0.15) is 22.2 Å². The maximum atomic E-state index is 12.7. The van der Waals surface area contributed by atoms with Gasteiger partial charge in [0.1, 0.15) is 5.82 Å². The SMILES string of the molecule is CCN(Cc1cccs1)C(=O)c1cc(Br)cnc1NC. The molecule has 106 valence electrons. The molecule has 0 bridgehead atoms. The van der Waals surface area contributed by atoms with Crippen molar-refractivity contribution in [3.05, 3.63) is 44.7 Å². The average molecular weight is 354 g/mol. The molecule has 1 amide bonds. The van der Waals surface area contributed by atoms with E-state index in [1.807, 2.05) is 29.3 Å². The van der Waals surface area contributed by atoms with Crippen LogP contribution < -0.4 is 5.32 Å². The monoisotopic (exact) mass is 353 g/mol. The molecule has 0 saturated heterocycles. The van der Waals surface area contributed by atoms with Gasteiger partial charge in [0, 0.05) is 29.1 Å². The third-order valence-corrected chi connectivity index (χ3v) is 4.21. The van der Waals surface area contributed by atoms with E-state index in [0.717, 1.165) is 4.47 Å². The molecular formula is C14H16BrN3OS. The Balaban J connectivity index is 2.26. The number of thiophene rings is 1. The number of halogens is 1. The van der Waals surface area contributed by atoms with Crippen molar-refractivity contribution in [1.29, 1.82) is 0 Å². The van der Waals surface area contributed by atoms with Crippen LogP contribution >= 0.6 is 27.3 Å². The second-order valence-electron chi connectivity index (χ2n) is 4.20. The van der Waals surface area contributed by atoms with E-state index in [4.69, 9.17) is 0 Å². The lowest BCUT2D eigenvalue weighted by atomic mass is 10.2. The number of hydrogen-bond acceptors (Lipinski definition) is 4. The van der Waals surface area contributed by atoms with Gasteiger partial charge in [-0.1, -0.05) is 6.07 Å². The Morgan fingerprint density at radius 2 is 2.35 bits per heavy atom. The van der Waals surface area contributed by atoms with Gasteiger partial charge in [0.25, 0.3) is 5.91 Å². The molecule has 0 atom stereocenters. The summed E-state index contributed by atoms with van der Waals surface area (Å²) in [4.78, 5) is 19.9. The third kappa shape index (κ3) is 3.37. The third-order valence-electron chi connectivity index (χ3n) is 2.92. The standard InChI is InChI=1S/C14H16BrN3OS/c1-3-18(9-11-5-4-6-20-11)14(19)12-7-10(15)8-17-13(12)16-2/h4-8H,3,9H2,1-2H3,(H,16,17). The number of hydrogen-bond donors (Lipinski definition) is 1. The van der Waals surface area contributed by atoms with Gasteiger partial charge in [-0.05, 0) is 40.4 Å². The smallest absolute Gasteiger partial charge is 0.257 e. The van der Waals surface area contributed by atoms with Gasteiger partial charge in [0.2, 0.25) is 0 Å². The fraction of sp³-hybridized carbons (Fsp3) is 0.286. The van der Waals surface area contributed by atoms with Crippen molar-refractivity contribution >= 4 is 39.0 Å². The van der Waals surface area contributed by atoms with Crippen LogP contribution in [0.3, 0.4) is 0 Å². The summed E-state index contributed by atoms with van der Waals surface area (Å²) in [6.07, 6.45) is 1.68. The largest absolute Gasteiger partial charge is 0.372 e. The molecule has 0 radical (unpaired) electrons. The van der Waals surface area contributed by atoms with Crippen molar-refractivity contribution in [1.82, 2.24) is 9.88 Å². The minimum atomic E-state index is -0.0148. The summed E-state index contributed by atoms with van der Waals surface area (Å²) in [5.74, 6) is 0.585. The van der Waals surface area contributed by atoms with Crippen LogP contribution in [0.5, 0.6) is 0 Å². The fourth-order valence-electron chi connectivity index (χ4n) is 1.89. The highest BCUT2D eigenvalue weighted by molar-refractivity contribution is 9.10. The topological polar surface area (TPSA) is 45.2 Å². The van der Waals surface area contributed by atoms with Gasteiger partial charge in [0.15, 0.2) is 0 Å². The van der Waals surface area contributed by atoms with E-state index in [9.17, 15) is 4.79 Å². The van der Waals surface area contributed by atoms with Gasteiger partial charge in [-0.2, -0.15) is 0 Å². The highest BCUT2D eigenvalue weighted by Crippen LogP contribution is 2.21. The summed E-state index contributed by atoms with van der Waals surface area (Å²) >= 11 is 5.02. The molecule has 2 aromatic heterocycles. The maximum absolute atomic E-state index is 12.7. The molecule has 0 spiro atoms. The Labute approximate surface area is 131 Å². The van der Waals surface area contributed by atoms with E-state index in [1.165, 1.54) is 4.88 Å². The molecule has 0 aliphatic rings. The molecule has 0 saturated carbocycles. The van der Waals surface area contributed by atoms with Gasteiger partial charge in [-0.3, -0.25) is 4.79 Å². The van der Waals surface area contributed by atoms with Crippen LogP contribution in [0.4, 0.5) is 5.82 Å². The first-order valence-electron chi connectivity index (χ1n) is 6.30. The fourth-order valence-corrected chi connectivity index (χ4v) is 2.94. The molecule has 2 heterocycles. The highest BCUT2D eigenvalue weighted by Gasteiger charge is 2.19. The molecule has 4 nitrogen and oxygen atoms in total. The zero-order chi connectivity index (χ0) is 14.5. The van der Waals surface area contributed by atoms with Gasteiger partial charge in [-0.15, -0.1) is 11.3 Å². The molecule has 1 N–H and O–H groups in total. The van der Waals surface area contributed by atoms with Crippen LogP contribution in [0.25, 0.3) is 0 Å². The highest BCUT2D eigenvalue weighted by atomic mass is 79.9. The van der Waals surface area contributed by atoms with Gasteiger partial charge in [0.05, 0.1) is 12.1 Å². The lowest BCUT2D eigenvalue weighted by Crippen LogP contribution is -2.30.